The van der Waals surface area contributed by atoms with E-state index in [1.54, 1.807) is 19.2 Å². The molecule has 0 bridgehead atoms. The second kappa shape index (κ2) is 6.51. The molecule has 0 aliphatic carbocycles. The maximum Gasteiger partial charge on any atom is 0.252 e. The van der Waals surface area contributed by atoms with Crippen LogP contribution >= 0.6 is 0 Å². The van der Waals surface area contributed by atoms with Crippen molar-refractivity contribution in [2.24, 2.45) is 0 Å². The minimum atomic E-state index is -3.01. The number of rotatable bonds is 6. The summed E-state index contributed by atoms with van der Waals surface area (Å²) in [6.45, 7) is 3.97. The molecule has 0 aliphatic rings. The highest BCUT2D eigenvalue weighted by Crippen LogP contribution is 2.06. The van der Waals surface area contributed by atoms with Gasteiger partial charge in [0.1, 0.15) is 9.84 Å². The first kappa shape index (κ1) is 15.4. The number of aryl methyl sites for hydroxylation is 1. The number of sulfone groups is 1. The van der Waals surface area contributed by atoms with Crippen LogP contribution in [-0.2, 0) is 21.2 Å². The average molecular weight is 285 g/mol. The van der Waals surface area contributed by atoms with Crippen molar-refractivity contribution in [3.05, 3.63) is 23.9 Å². The first-order valence-electron chi connectivity index (χ1n) is 6.01. The minimum Gasteiger partial charge on any atom is -0.305 e. The SMILES string of the molecule is CC/C=C(/C)C(=O)Nc1ccn(CCS(C)(=O)=O)n1. The Hall–Kier alpha value is -1.63. The summed E-state index contributed by atoms with van der Waals surface area (Å²) in [4.78, 5) is 11.7. The molecule has 1 N–H and O–H groups in total. The number of nitrogens with zero attached hydrogens (tertiary/aromatic N) is 2. The molecule has 19 heavy (non-hydrogen) atoms. The standard InChI is InChI=1S/C12H19N3O3S/c1-4-5-10(2)12(16)13-11-6-7-15(14-11)8-9-19(3,17)18/h5-7H,4,8-9H2,1-3H3,(H,13,14,16)/b10-5-. The smallest absolute Gasteiger partial charge is 0.252 e. The topological polar surface area (TPSA) is 81.1 Å². The van der Waals surface area contributed by atoms with Crippen molar-refractivity contribution >= 4 is 21.6 Å². The highest BCUT2D eigenvalue weighted by molar-refractivity contribution is 7.90. The van der Waals surface area contributed by atoms with Gasteiger partial charge in [0.25, 0.3) is 5.91 Å². The van der Waals surface area contributed by atoms with Crippen LogP contribution < -0.4 is 5.32 Å². The Morgan fingerprint density at radius 3 is 2.79 bits per heavy atom. The number of anilines is 1. The number of nitrogens with one attached hydrogen (secondary N) is 1. The molecule has 0 fully saturated rings. The maximum atomic E-state index is 11.7. The van der Waals surface area contributed by atoms with Gasteiger partial charge in [0.2, 0.25) is 0 Å². The first-order chi connectivity index (χ1) is 8.81. The van der Waals surface area contributed by atoms with Crippen molar-refractivity contribution in [1.29, 1.82) is 0 Å². The molecule has 0 unspecified atom stereocenters. The first-order valence-corrected chi connectivity index (χ1v) is 8.07. The molecular weight excluding hydrogens is 266 g/mol. The largest absolute Gasteiger partial charge is 0.305 e. The summed E-state index contributed by atoms with van der Waals surface area (Å²) < 4.78 is 23.6. The molecule has 1 rings (SSSR count). The van der Waals surface area contributed by atoms with Gasteiger partial charge >= 0.3 is 0 Å². The summed E-state index contributed by atoms with van der Waals surface area (Å²) >= 11 is 0. The number of allylic oxidation sites excluding steroid dienone is 1. The number of carbonyl (C=O) groups excluding carboxylic acids is 1. The summed E-state index contributed by atoms with van der Waals surface area (Å²) in [5.74, 6) is 0.245. The van der Waals surface area contributed by atoms with E-state index in [1.807, 2.05) is 13.0 Å². The van der Waals surface area contributed by atoms with Gasteiger partial charge in [-0.2, -0.15) is 5.10 Å². The van der Waals surface area contributed by atoms with Crippen LogP contribution in [0.5, 0.6) is 0 Å². The van der Waals surface area contributed by atoms with Gasteiger partial charge in [-0.05, 0) is 13.3 Å². The predicted molar refractivity (Wildman–Crippen MR) is 74.6 cm³/mol. The highest BCUT2D eigenvalue weighted by Gasteiger charge is 2.08. The Morgan fingerprint density at radius 2 is 2.21 bits per heavy atom. The molecule has 1 aromatic heterocycles. The Kier molecular flexibility index (Phi) is 5.29. The molecule has 1 aromatic rings. The number of aromatic nitrogens is 2. The van der Waals surface area contributed by atoms with E-state index in [2.05, 4.69) is 10.4 Å². The van der Waals surface area contributed by atoms with Crippen LogP contribution in [0.1, 0.15) is 20.3 Å². The van der Waals surface area contributed by atoms with Crippen LogP contribution in [0.15, 0.2) is 23.9 Å². The monoisotopic (exact) mass is 285 g/mol. The second-order valence-corrected chi connectivity index (χ2v) is 6.60. The van der Waals surface area contributed by atoms with Crippen LogP contribution in [0.2, 0.25) is 0 Å². The van der Waals surface area contributed by atoms with E-state index >= 15 is 0 Å². The van der Waals surface area contributed by atoms with Crippen molar-refractivity contribution in [2.75, 3.05) is 17.3 Å². The number of hydrogen-bond acceptors (Lipinski definition) is 4. The van der Waals surface area contributed by atoms with Gasteiger partial charge in [-0.25, -0.2) is 8.42 Å². The predicted octanol–water partition coefficient (Wildman–Crippen LogP) is 1.22. The fourth-order valence-corrected chi connectivity index (χ4v) is 1.94. The lowest BCUT2D eigenvalue weighted by molar-refractivity contribution is -0.112. The molecule has 0 spiro atoms. The van der Waals surface area contributed by atoms with Crippen molar-refractivity contribution in [3.8, 4) is 0 Å². The van der Waals surface area contributed by atoms with Crippen molar-refractivity contribution in [1.82, 2.24) is 9.78 Å². The molecule has 1 amide bonds. The van der Waals surface area contributed by atoms with Gasteiger partial charge in [-0.3, -0.25) is 9.48 Å². The third kappa shape index (κ3) is 5.69. The number of hydrogen-bond donors (Lipinski definition) is 1. The van der Waals surface area contributed by atoms with E-state index in [0.717, 1.165) is 6.42 Å². The second-order valence-electron chi connectivity index (χ2n) is 4.34. The molecule has 1 heterocycles. The van der Waals surface area contributed by atoms with Crippen LogP contribution in [0.3, 0.4) is 0 Å². The third-order valence-electron chi connectivity index (χ3n) is 2.44. The molecule has 0 saturated carbocycles. The summed E-state index contributed by atoms with van der Waals surface area (Å²) in [5, 5.41) is 6.74. The fraction of sp³-hybridized carbons (Fsp3) is 0.500. The lowest BCUT2D eigenvalue weighted by atomic mass is 10.2. The highest BCUT2D eigenvalue weighted by atomic mass is 32.2. The van der Waals surface area contributed by atoms with Crippen LogP contribution in [0.25, 0.3) is 0 Å². The molecule has 0 atom stereocenters. The van der Waals surface area contributed by atoms with Crippen molar-refractivity contribution in [3.63, 3.8) is 0 Å². The van der Waals surface area contributed by atoms with E-state index in [9.17, 15) is 13.2 Å². The van der Waals surface area contributed by atoms with E-state index < -0.39 is 9.84 Å². The quantitative estimate of drug-likeness (QED) is 0.797. The summed E-state index contributed by atoms with van der Waals surface area (Å²) in [7, 11) is -3.01. The molecular formula is C12H19N3O3S. The number of carbonyl (C=O) groups is 1. The van der Waals surface area contributed by atoms with E-state index in [0.29, 0.717) is 11.4 Å². The Balaban J connectivity index is 2.60. The zero-order valence-corrected chi connectivity index (χ0v) is 12.2. The van der Waals surface area contributed by atoms with E-state index in [4.69, 9.17) is 0 Å². The molecule has 0 aromatic carbocycles. The van der Waals surface area contributed by atoms with Crippen LogP contribution in [0, 0.1) is 0 Å². The van der Waals surface area contributed by atoms with Gasteiger partial charge in [0.05, 0.1) is 12.3 Å². The Bertz CT molecular complexity index is 573. The lowest BCUT2D eigenvalue weighted by Crippen LogP contribution is -2.15. The van der Waals surface area contributed by atoms with Crippen molar-refractivity contribution < 1.29 is 13.2 Å². The van der Waals surface area contributed by atoms with Gasteiger partial charge in [0, 0.05) is 24.1 Å². The minimum absolute atomic E-state index is 0.0246. The molecule has 6 nitrogen and oxygen atoms in total. The van der Waals surface area contributed by atoms with Crippen molar-refractivity contribution in [2.45, 2.75) is 26.8 Å². The molecule has 0 radical (unpaired) electrons. The van der Waals surface area contributed by atoms with Crippen LogP contribution in [0.4, 0.5) is 5.82 Å². The summed E-state index contributed by atoms with van der Waals surface area (Å²) in [6, 6.07) is 1.64. The lowest BCUT2D eigenvalue weighted by Gasteiger charge is -2.02. The third-order valence-corrected chi connectivity index (χ3v) is 3.37. The van der Waals surface area contributed by atoms with Crippen LogP contribution in [-0.4, -0.2) is 36.1 Å². The molecule has 106 valence electrons. The van der Waals surface area contributed by atoms with E-state index in [-0.39, 0.29) is 18.2 Å². The zero-order chi connectivity index (χ0) is 14.5. The number of amides is 1. The molecule has 7 heteroatoms. The van der Waals surface area contributed by atoms with Gasteiger partial charge in [-0.1, -0.05) is 13.0 Å². The average Bonchev–Trinajstić information content (AvgIpc) is 2.73. The van der Waals surface area contributed by atoms with Gasteiger partial charge in [-0.15, -0.1) is 0 Å². The van der Waals surface area contributed by atoms with Gasteiger partial charge < -0.3 is 5.32 Å². The fourth-order valence-electron chi connectivity index (χ4n) is 1.43. The normalized spacial score (nSPS) is 12.5. The summed E-state index contributed by atoms with van der Waals surface area (Å²) in [5.41, 5.74) is 0.633. The molecule has 0 saturated heterocycles. The molecule has 0 aliphatic heterocycles. The summed E-state index contributed by atoms with van der Waals surface area (Å²) in [6.07, 6.45) is 5.44. The van der Waals surface area contributed by atoms with Gasteiger partial charge in [0.15, 0.2) is 5.82 Å². The zero-order valence-electron chi connectivity index (χ0n) is 11.4. The van der Waals surface area contributed by atoms with E-state index in [1.165, 1.54) is 10.9 Å². The Labute approximate surface area is 113 Å². The maximum absolute atomic E-state index is 11.7. The Morgan fingerprint density at radius 1 is 1.53 bits per heavy atom.